The van der Waals surface area contributed by atoms with Gasteiger partial charge in [-0.05, 0) is 52.1 Å². The summed E-state index contributed by atoms with van der Waals surface area (Å²) >= 11 is 0. The number of piperidine rings is 2. The number of nitrogens with one attached hydrogen (secondary N) is 1. The van der Waals surface area contributed by atoms with Gasteiger partial charge in [0.1, 0.15) is 0 Å². The summed E-state index contributed by atoms with van der Waals surface area (Å²) in [5.74, 6) is 0.346. The van der Waals surface area contributed by atoms with Gasteiger partial charge in [0.25, 0.3) is 0 Å². The molecule has 2 saturated heterocycles. The van der Waals surface area contributed by atoms with Crippen LogP contribution in [0, 0.1) is 5.41 Å². The molecule has 20 heavy (non-hydrogen) atoms. The lowest BCUT2D eigenvalue weighted by atomic mass is 9.81. The van der Waals surface area contributed by atoms with Gasteiger partial charge in [-0.1, -0.05) is 6.92 Å². The molecule has 4 nitrogen and oxygen atoms in total. The van der Waals surface area contributed by atoms with Crippen LogP contribution in [0.3, 0.4) is 0 Å². The summed E-state index contributed by atoms with van der Waals surface area (Å²) in [5, 5.41) is 3.38. The first-order chi connectivity index (χ1) is 9.57. The van der Waals surface area contributed by atoms with Gasteiger partial charge in [0, 0.05) is 32.7 Å². The Labute approximate surface area is 123 Å². The molecule has 2 aliphatic heterocycles. The van der Waals surface area contributed by atoms with E-state index in [-0.39, 0.29) is 5.41 Å². The zero-order valence-electron chi connectivity index (χ0n) is 13.5. The van der Waals surface area contributed by atoms with Crippen molar-refractivity contribution in [3.05, 3.63) is 0 Å². The Hall–Kier alpha value is -0.610. The molecule has 2 rings (SSSR count). The fourth-order valence-electron chi connectivity index (χ4n) is 3.68. The topological polar surface area (TPSA) is 35.6 Å². The van der Waals surface area contributed by atoms with Crippen LogP contribution >= 0.6 is 0 Å². The second-order valence-corrected chi connectivity index (χ2v) is 6.83. The van der Waals surface area contributed by atoms with E-state index in [2.05, 4.69) is 29.0 Å². The maximum atomic E-state index is 12.8. The van der Waals surface area contributed by atoms with Gasteiger partial charge in [0.15, 0.2) is 0 Å². The van der Waals surface area contributed by atoms with Gasteiger partial charge in [0.2, 0.25) is 5.91 Å². The van der Waals surface area contributed by atoms with Gasteiger partial charge in [-0.2, -0.15) is 0 Å². The molecule has 116 valence electrons. The van der Waals surface area contributed by atoms with E-state index in [0.717, 1.165) is 51.9 Å². The van der Waals surface area contributed by atoms with E-state index in [0.29, 0.717) is 11.9 Å². The molecule has 0 bridgehead atoms. The van der Waals surface area contributed by atoms with Crippen LogP contribution in [0.1, 0.15) is 46.0 Å². The predicted molar refractivity (Wildman–Crippen MR) is 82.7 cm³/mol. The summed E-state index contributed by atoms with van der Waals surface area (Å²) in [4.78, 5) is 17.4. The number of carbonyl (C=O) groups excluding carboxylic acids is 1. The molecule has 2 heterocycles. The SMILES string of the molecule is CCCN1CCC(N(C)C(=O)C2(C)CCCNC2)CC1. The zero-order chi connectivity index (χ0) is 14.6. The van der Waals surface area contributed by atoms with E-state index in [1.54, 1.807) is 0 Å². The molecule has 1 atom stereocenters. The van der Waals surface area contributed by atoms with Gasteiger partial charge < -0.3 is 15.1 Å². The maximum absolute atomic E-state index is 12.8. The van der Waals surface area contributed by atoms with Crippen molar-refractivity contribution in [3.8, 4) is 0 Å². The predicted octanol–water partition coefficient (Wildman–Crippen LogP) is 1.71. The molecule has 0 aromatic carbocycles. The van der Waals surface area contributed by atoms with Crippen LogP contribution in [0.5, 0.6) is 0 Å². The average Bonchev–Trinajstić information content (AvgIpc) is 2.48. The molecule has 2 aliphatic rings. The Kier molecular flexibility index (Phi) is 5.44. The van der Waals surface area contributed by atoms with E-state index < -0.39 is 0 Å². The largest absolute Gasteiger partial charge is 0.342 e. The van der Waals surface area contributed by atoms with Crippen molar-refractivity contribution >= 4 is 5.91 Å². The summed E-state index contributed by atoms with van der Waals surface area (Å²) in [5.41, 5.74) is -0.187. The van der Waals surface area contributed by atoms with Crippen molar-refractivity contribution in [3.63, 3.8) is 0 Å². The third-order valence-corrected chi connectivity index (χ3v) is 5.08. The van der Waals surface area contributed by atoms with Crippen LogP contribution in [0.4, 0.5) is 0 Å². The standard InChI is InChI=1S/C16H31N3O/c1-4-10-19-11-6-14(7-12-19)18(3)15(20)16(2)8-5-9-17-13-16/h14,17H,4-13H2,1-3H3. The molecule has 0 radical (unpaired) electrons. The van der Waals surface area contributed by atoms with E-state index in [1.807, 2.05) is 7.05 Å². The maximum Gasteiger partial charge on any atom is 0.229 e. The molecular formula is C16H31N3O. The van der Waals surface area contributed by atoms with Gasteiger partial charge >= 0.3 is 0 Å². The highest BCUT2D eigenvalue weighted by Gasteiger charge is 2.39. The van der Waals surface area contributed by atoms with Gasteiger partial charge in [0.05, 0.1) is 5.41 Å². The van der Waals surface area contributed by atoms with Gasteiger partial charge in [-0.3, -0.25) is 4.79 Å². The highest BCUT2D eigenvalue weighted by Crippen LogP contribution is 2.29. The number of rotatable bonds is 4. The Bertz CT molecular complexity index is 318. The fourth-order valence-corrected chi connectivity index (χ4v) is 3.68. The summed E-state index contributed by atoms with van der Waals surface area (Å²) in [6.07, 6.45) is 5.63. The van der Waals surface area contributed by atoms with Crippen molar-refractivity contribution in [1.29, 1.82) is 0 Å². The molecule has 0 spiro atoms. The second-order valence-electron chi connectivity index (χ2n) is 6.83. The smallest absolute Gasteiger partial charge is 0.229 e. The average molecular weight is 281 g/mol. The Balaban J connectivity index is 1.88. The quantitative estimate of drug-likeness (QED) is 0.852. The number of hydrogen-bond acceptors (Lipinski definition) is 3. The number of amides is 1. The molecule has 0 aliphatic carbocycles. The Morgan fingerprint density at radius 2 is 2.10 bits per heavy atom. The normalized spacial score (nSPS) is 29.4. The van der Waals surface area contributed by atoms with Gasteiger partial charge in [-0.15, -0.1) is 0 Å². The fraction of sp³-hybridized carbons (Fsp3) is 0.938. The minimum atomic E-state index is -0.187. The second kappa shape index (κ2) is 6.90. The van der Waals surface area contributed by atoms with Crippen molar-refractivity contribution in [1.82, 2.24) is 15.1 Å². The Morgan fingerprint density at radius 3 is 2.65 bits per heavy atom. The lowest BCUT2D eigenvalue weighted by molar-refractivity contribution is -0.144. The van der Waals surface area contributed by atoms with Crippen LogP contribution in [0.25, 0.3) is 0 Å². The first-order valence-electron chi connectivity index (χ1n) is 8.27. The molecule has 1 N–H and O–H groups in total. The summed E-state index contributed by atoms with van der Waals surface area (Å²) in [6.45, 7) is 9.75. The summed E-state index contributed by atoms with van der Waals surface area (Å²) < 4.78 is 0. The first kappa shape index (κ1) is 15.8. The van der Waals surface area contributed by atoms with Crippen molar-refractivity contribution in [2.24, 2.45) is 5.41 Å². The van der Waals surface area contributed by atoms with Crippen molar-refractivity contribution in [2.45, 2.75) is 52.0 Å². The molecule has 1 unspecified atom stereocenters. The van der Waals surface area contributed by atoms with E-state index in [9.17, 15) is 4.79 Å². The number of carbonyl (C=O) groups is 1. The minimum Gasteiger partial charge on any atom is -0.342 e. The third kappa shape index (κ3) is 3.53. The molecule has 0 aromatic heterocycles. The monoisotopic (exact) mass is 281 g/mol. The Morgan fingerprint density at radius 1 is 1.40 bits per heavy atom. The molecule has 1 amide bonds. The van der Waals surface area contributed by atoms with E-state index >= 15 is 0 Å². The molecule has 0 aromatic rings. The summed E-state index contributed by atoms with van der Waals surface area (Å²) in [6, 6.07) is 0.439. The van der Waals surface area contributed by atoms with Crippen LogP contribution in [0.15, 0.2) is 0 Å². The lowest BCUT2D eigenvalue weighted by Gasteiger charge is -2.42. The van der Waals surface area contributed by atoms with Gasteiger partial charge in [-0.25, -0.2) is 0 Å². The van der Waals surface area contributed by atoms with Crippen LogP contribution in [-0.2, 0) is 4.79 Å². The lowest BCUT2D eigenvalue weighted by Crippen LogP contribution is -2.53. The van der Waals surface area contributed by atoms with E-state index in [4.69, 9.17) is 0 Å². The number of nitrogens with zero attached hydrogens (tertiary/aromatic N) is 2. The van der Waals surface area contributed by atoms with Crippen molar-refractivity contribution in [2.75, 3.05) is 39.8 Å². The highest BCUT2D eigenvalue weighted by molar-refractivity contribution is 5.82. The van der Waals surface area contributed by atoms with Crippen LogP contribution < -0.4 is 5.32 Å². The zero-order valence-corrected chi connectivity index (χ0v) is 13.5. The van der Waals surface area contributed by atoms with Crippen LogP contribution in [0.2, 0.25) is 0 Å². The van der Waals surface area contributed by atoms with Crippen molar-refractivity contribution < 1.29 is 4.79 Å². The number of likely N-dealkylation sites (tertiary alicyclic amines) is 1. The molecule has 0 saturated carbocycles. The summed E-state index contributed by atoms with van der Waals surface area (Å²) in [7, 11) is 2.02. The highest BCUT2D eigenvalue weighted by atomic mass is 16.2. The number of hydrogen-bond donors (Lipinski definition) is 1. The molecular weight excluding hydrogens is 250 g/mol. The third-order valence-electron chi connectivity index (χ3n) is 5.08. The van der Waals surface area contributed by atoms with Crippen LogP contribution in [-0.4, -0.2) is 61.5 Å². The molecule has 2 fully saturated rings. The van der Waals surface area contributed by atoms with E-state index in [1.165, 1.54) is 13.0 Å². The first-order valence-corrected chi connectivity index (χ1v) is 8.27. The molecule has 4 heteroatoms. The minimum absolute atomic E-state index is 0.187.